The van der Waals surface area contributed by atoms with Gasteiger partial charge < -0.3 is 14.7 Å². The summed E-state index contributed by atoms with van der Waals surface area (Å²) in [6, 6.07) is 0. The van der Waals surface area contributed by atoms with Crippen molar-refractivity contribution in [2.75, 3.05) is 5.33 Å². The van der Waals surface area contributed by atoms with E-state index in [4.69, 9.17) is 0 Å². The summed E-state index contributed by atoms with van der Waals surface area (Å²) in [6.45, 7) is 0.756. The molecule has 0 N–H and O–H groups in total. The lowest BCUT2D eigenvalue weighted by Gasteiger charge is -1.94. The van der Waals surface area contributed by atoms with Crippen molar-refractivity contribution in [1.82, 2.24) is 9.55 Å². The van der Waals surface area contributed by atoms with E-state index in [1.54, 1.807) is 4.57 Å². The van der Waals surface area contributed by atoms with Gasteiger partial charge in [0, 0.05) is 11.9 Å². The molecular weight excluding hydrogens is 226 g/mol. The maximum Gasteiger partial charge on any atom is 0.381 e. The highest BCUT2D eigenvalue weighted by Gasteiger charge is 2.08. The van der Waals surface area contributed by atoms with Crippen LogP contribution in [0.5, 0.6) is 0 Å². The Hall–Kier alpha value is -0.910. The molecule has 1 aromatic heterocycles. The van der Waals surface area contributed by atoms with Crippen LogP contribution in [0.25, 0.3) is 0 Å². The average Bonchev–Trinajstić information content (AvgIpc) is 2.48. The molecule has 0 spiro atoms. The zero-order valence-electron chi connectivity index (χ0n) is 6.31. The van der Waals surface area contributed by atoms with Gasteiger partial charge in [-0.1, -0.05) is 15.9 Å². The zero-order chi connectivity index (χ0) is 8.97. The van der Waals surface area contributed by atoms with E-state index in [0.29, 0.717) is 0 Å². The van der Waals surface area contributed by atoms with Gasteiger partial charge in [-0.25, -0.2) is 0 Å². The fourth-order valence-corrected chi connectivity index (χ4v) is 1.06. The molecule has 0 aromatic carbocycles. The van der Waals surface area contributed by atoms with E-state index in [-0.39, 0.29) is 5.82 Å². The van der Waals surface area contributed by atoms with Crippen LogP contribution in [0.2, 0.25) is 0 Å². The number of nitrogens with zero attached hydrogens (tertiary/aromatic N) is 3. The van der Waals surface area contributed by atoms with Crippen LogP contribution in [0.3, 0.4) is 0 Å². The predicted octanol–water partition coefficient (Wildman–Crippen LogP) is 1.58. The SMILES string of the molecule is O=[N+]([O-])c1cn(CCCBr)cn1. The number of rotatable bonds is 4. The van der Waals surface area contributed by atoms with Gasteiger partial charge in [-0.05, 0) is 16.3 Å². The summed E-state index contributed by atoms with van der Waals surface area (Å²) in [5, 5.41) is 11.1. The number of aryl methyl sites for hydroxylation is 1. The fourth-order valence-electron chi connectivity index (χ4n) is 0.807. The molecule has 1 aromatic rings. The van der Waals surface area contributed by atoms with E-state index >= 15 is 0 Å². The molecule has 0 amide bonds. The largest absolute Gasteiger partial charge is 0.381 e. The molecule has 0 unspecified atom stereocenters. The van der Waals surface area contributed by atoms with Crippen molar-refractivity contribution in [3.63, 3.8) is 0 Å². The van der Waals surface area contributed by atoms with E-state index in [1.165, 1.54) is 12.5 Å². The van der Waals surface area contributed by atoms with Crippen molar-refractivity contribution in [3.8, 4) is 0 Å². The lowest BCUT2D eigenvalue weighted by molar-refractivity contribution is -0.389. The van der Waals surface area contributed by atoms with Crippen LogP contribution in [-0.2, 0) is 6.54 Å². The molecule has 1 heterocycles. The quantitative estimate of drug-likeness (QED) is 0.451. The first-order chi connectivity index (χ1) is 5.74. The summed E-state index contributed by atoms with van der Waals surface area (Å²) in [5.74, 6) is -0.0930. The summed E-state index contributed by atoms with van der Waals surface area (Å²) in [5.41, 5.74) is 0. The molecule has 1 rings (SSSR count). The maximum atomic E-state index is 10.2. The van der Waals surface area contributed by atoms with Gasteiger partial charge >= 0.3 is 5.82 Å². The number of hydrogen-bond donors (Lipinski definition) is 0. The number of aromatic nitrogens is 2. The molecule has 0 atom stereocenters. The smallest absolute Gasteiger partial charge is 0.358 e. The molecule has 12 heavy (non-hydrogen) atoms. The van der Waals surface area contributed by atoms with Crippen LogP contribution in [0.1, 0.15) is 6.42 Å². The van der Waals surface area contributed by atoms with Gasteiger partial charge in [0.15, 0.2) is 0 Å². The Balaban J connectivity index is 2.58. The van der Waals surface area contributed by atoms with Crippen molar-refractivity contribution in [1.29, 1.82) is 0 Å². The lowest BCUT2D eigenvalue weighted by atomic mass is 10.5. The van der Waals surface area contributed by atoms with Crippen molar-refractivity contribution in [2.24, 2.45) is 0 Å². The van der Waals surface area contributed by atoms with Crippen LogP contribution in [0, 0.1) is 10.1 Å². The average molecular weight is 234 g/mol. The molecule has 0 aliphatic rings. The first-order valence-electron chi connectivity index (χ1n) is 3.46. The summed E-state index contributed by atoms with van der Waals surface area (Å²) in [7, 11) is 0. The highest BCUT2D eigenvalue weighted by Crippen LogP contribution is 2.06. The van der Waals surface area contributed by atoms with E-state index < -0.39 is 4.92 Å². The topological polar surface area (TPSA) is 61.0 Å². The Kier molecular flexibility index (Phi) is 3.21. The van der Waals surface area contributed by atoms with Gasteiger partial charge in [0.25, 0.3) is 0 Å². The minimum absolute atomic E-state index is 0.0930. The van der Waals surface area contributed by atoms with Gasteiger partial charge in [-0.3, -0.25) is 0 Å². The normalized spacial score (nSPS) is 10.1. The van der Waals surface area contributed by atoms with Crippen LogP contribution < -0.4 is 0 Å². The highest BCUT2D eigenvalue weighted by atomic mass is 79.9. The van der Waals surface area contributed by atoms with Crippen LogP contribution in [-0.4, -0.2) is 19.8 Å². The molecule has 0 fully saturated rings. The first kappa shape index (κ1) is 9.18. The van der Waals surface area contributed by atoms with Gasteiger partial charge in [-0.15, -0.1) is 0 Å². The summed E-state index contributed by atoms with van der Waals surface area (Å²) >= 11 is 3.27. The molecule has 0 bridgehead atoms. The second-order valence-corrected chi connectivity index (χ2v) is 3.06. The van der Waals surface area contributed by atoms with E-state index in [9.17, 15) is 10.1 Å². The molecule has 6 heteroatoms. The number of alkyl halides is 1. The van der Waals surface area contributed by atoms with Crippen molar-refractivity contribution >= 4 is 21.7 Å². The van der Waals surface area contributed by atoms with Crippen LogP contribution in [0.4, 0.5) is 5.82 Å². The third-order valence-electron chi connectivity index (χ3n) is 1.36. The zero-order valence-corrected chi connectivity index (χ0v) is 7.90. The summed E-state index contributed by atoms with van der Waals surface area (Å²) in [6.07, 6.45) is 3.84. The number of nitro groups is 1. The number of imidazole rings is 1. The molecule has 66 valence electrons. The summed E-state index contributed by atoms with van der Waals surface area (Å²) < 4.78 is 1.71. The first-order valence-corrected chi connectivity index (χ1v) is 4.58. The Morgan fingerprint density at radius 1 is 1.75 bits per heavy atom. The Labute approximate surface area is 77.7 Å². The van der Waals surface area contributed by atoms with Crippen molar-refractivity contribution in [3.05, 3.63) is 22.6 Å². The molecule has 0 aliphatic heterocycles. The lowest BCUT2D eigenvalue weighted by Crippen LogP contribution is -1.94. The van der Waals surface area contributed by atoms with Crippen LogP contribution in [0.15, 0.2) is 12.5 Å². The third kappa shape index (κ3) is 2.30. The van der Waals surface area contributed by atoms with Crippen molar-refractivity contribution < 1.29 is 4.92 Å². The minimum atomic E-state index is -0.495. The van der Waals surface area contributed by atoms with Gasteiger partial charge in [0.1, 0.15) is 6.20 Å². The maximum absolute atomic E-state index is 10.2. The van der Waals surface area contributed by atoms with E-state index in [1.807, 2.05) is 0 Å². The monoisotopic (exact) mass is 233 g/mol. The van der Waals surface area contributed by atoms with Gasteiger partial charge in [0.05, 0.1) is 0 Å². The molecule has 5 nitrogen and oxygen atoms in total. The molecule has 0 saturated heterocycles. The highest BCUT2D eigenvalue weighted by molar-refractivity contribution is 9.09. The van der Waals surface area contributed by atoms with Crippen molar-refractivity contribution in [2.45, 2.75) is 13.0 Å². The minimum Gasteiger partial charge on any atom is -0.358 e. The predicted molar refractivity (Wildman–Crippen MR) is 47.3 cm³/mol. The Morgan fingerprint density at radius 2 is 2.50 bits per heavy atom. The van der Waals surface area contributed by atoms with E-state index in [0.717, 1.165) is 18.3 Å². The fraction of sp³-hybridized carbons (Fsp3) is 0.500. The molecule has 0 radical (unpaired) electrons. The molecule has 0 aliphatic carbocycles. The van der Waals surface area contributed by atoms with Crippen LogP contribution >= 0.6 is 15.9 Å². The second kappa shape index (κ2) is 4.20. The second-order valence-electron chi connectivity index (χ2n) is 2.27. The Morgan fingerprint density at radius 3 is 3.00 bits per heavy atom. The Bertz CT molecular complexity index is 274. The standard InChI is InChI=1S/C6H8BrN3O2/c7-2-1-3-9-4-6(8-5-9)10(11)12/h4-5H,1-3H2. The van der Waals surface area contributed by atoms with Gasteiger partial charge in [0.2, 0.25) is 6.33 Å². The summed E-state index contributed by atoms with van der Waals surface area (Å²) in [4.78, 5) is 13.3. The molecule has 0 saturated carbocycles. The third-order valence-corrected chi connectivity index (χ3v) is 1.92. The van der Waals surface area contributed by atoms with E-state index in [2.05, 4.69) is 20.9 Å². The number of hydrogen-bond acceptors (Lipinski definition) is 3. The van der Waals surface area contributed by atoms with Gasteiger partial charge in [-0.2, -0.15) is 0 Å². The number of halogens is 1. The molecular formula is C6H8BrN3O2.